The van der Waals surface area contributed by atoms with E-state index in [0.29, 0.717) is 12.6 Å². The molecule has 0 amide bonds. The van der Waals surface area contributed by atoms with E-state index in [1.54, 1.807) is 7.05 Å². The number of anilines is 1. The van der Waals surface area contributed by atoms with Crippen LogP contribution in [0.1, 0.15) is 25.2 Å². The van der Waals surface area contributed by atoms with E-state index in [9.17, 15) is 0 Å². The number of aryl methyl sites for hydroxylation is 1. The molecular formula is C13H20N6. The van der Waals surface area contributed by atoms with E-state index in [1.807, 2.05) is 12.1 Å². The Labute approximate surface area is 113 Å². The molecule has 1 aromatic carbocycles. The highest BCUT2D eigenvalue weighted by molar-refractivity contribution is 5.39. The Bertz CT molecular complexity index is 516. The number of aromatic nitrogens is 4. The van der Waals surface area contributed by atoms with Crippen LogP contribution in [0.15, 0.2) is 24.3 Å². The molecule has 0 fully saturated rings. The monoisotopic (exact) mass is 260 g/mol. The second kappa shape index (κ2) is 5.79. The van der Waals surface area contributed by atoms with Crippen LogP contribution in [-0.2, 0) is 20.1 Å². The molecule has 0 unspecified atom stereocenters. The standard InChI is InChI=1S/C13H20N6/c1-10(2)19(9-13-15-17-18(3)16-13)8-11-4-6-12(14)7-5-11/h4-7,10H,8-9,14H2,1-3H3. The molecule has 0 saturated carbocycles. The van der Waals surface area contributed by atoms with Crippen molar-refractivity contribution >= 4 is 5.69 Å². The minimum absolute atomic E-state index is 0.404. The smallest absolute Gasteiger partial charge is 0.188 e. The number of nitrogen functional groups attached to an aromatic ring is 1. The Hall–Kier alpha value is -1.95. The first kappa shape index (κ1) is 13.5. The van der Waals surface area contributed by atoms with Crippen molar-refractivity contribution in [1.82, 2.24) is 25.1 Å². The lowest BCUT2D eigenvalue weighted by molar-refractivity contribution is 0.198. The zero-order valence-corrected chi connectivity index (χ0v) is 11.6. The van der Waals surface area contributed by atoms with Crippen LogP contribution in [0.5, 0.6) is 0 Å². The van der Waals surface area contributed by atoms with Gasteiger partial charge in [-0.15, -0.1) is 10.2 Å². The average Bonchev–Trinajstić information content (AvgIpc) is 2.76. The normalized spacial score (nSPS) is 11.4. The fourth-order valence-electron chi connectivity index (χ4n) is 1.85. The highest BCUT2D eigenvalue weighted by Gasteiger charge is 2.13. The average molecular weight is 260 g/mol. The maximum absolute atomic E-state index is 5.70. The van der Waals surface area contributed by atoms with Crippen LogP contribution < -0.4 is 5.73 Å². The van der Waals surface area contributed by atoms with Crippen molar-refractivity contribution in [2.45, 2.75) is 33.0 Å². The van der Waals surface area contributed by atoms with Crippen LogP contribution in [0.25, 0.3) is 0 Å². The van der Waals surface area contributed by atoms with Crippen molar-refractivity contribution in [2.75, 3.05) is 5.73 Å². The first-order valence-electron chi connectivity index (χ1n) is 6.36. The lowest BCUT2D eigenvalue weighted by atomic mass is 10.1. The van der Waals surface area contributed by atoms with Crippen LogP contribution in [0.4, 0.5) is 5.69 Å². The van der Waals surface area contributed by atoms with Gasteiger partial charge in [-0.1, -0.05) is 12.1 Å². The fourth-order valence-corrected chi connectivity index (χ4v) is 1.85. The number of nitrogens with zero attached hydrogens (tertiary/aromatic N) is 5. The summed E-state index contributed by atoms with van der Waals surface area (Å²) in [6, 6.07) is 8.35. The second-order valence-electron chi connectivity index (χ2n) is 4.94. The minimum Gasteiger partial charge on any atom is -0.399 e. The topological polar surface area (TPSA) is 72.9 Å². The molecule has 2 aromatic rings. The van der Waals surface area contributed by atoms with Gasteiger partial charge in [-0.05, 0) is 36.8 Å². The first-order chi connectivity index (χ1) is 9.04. The van der Waals surface area contributed by atoms with Gasteiger partial charge in [-0.25, -0.2) is 0 Å². The lowest BCUT2D eigenvalue weighted by Gasteiger charge is -2.25. The third-order valence-electron chi connectivity index (χ3n) is 2.99. The Morgan fingerprint density at radius 2 is 1.89 bits per heavy atom. The SMILES string of the molecule is CC(C)N(Cc1ccc(N)cc1)Cc1nnn(C)n1. The Kier molecular flexibility index (Phi) is 4.11. The van der Waals surface area contributed by atoms with E-state index in [4.69, 9.17) is 5.73 Å². The highest BCUT2D eigenvalue weighted by atomic mass is 15.6. The largest absolute Gasteiger partial charge is 0.399 e. The number of hydrogen-bond donors (Lipinski definition) is 1. The van der Waals surface area contributed by atoms with E-state index in [1.165, 1.54) is 10.4 Å². The van der Waals surface area contributed by atoms with Crippen molar-refractivity contribution in [3.8, 4) is 0 Å². The van der Waals surface area contributed by atoms with E-state index in [2.05, 4.69) is 46.3 Å². The summed E-state index contributed by atoms with van der Waals surface area (Å²) in [4.78, 5) is 3.78. The van der Waals surface area contributed by atoms with Crippen LogP contribution in [-0.4, -0.2) is 31.1 Å². The van der Waals surface area contributed by atoms with Crippen LogP contribution in [0.2, 0.25) is 0 Å². The summed E-state index contributed by atoms with van der Waals surface area (Å²) in [5, 5.41) is 12.1. The van der Waals surface area contributed by atoms with Gasteiger partial charge in [0.15, 0.2) is 5.82 Å². The molecule has 0 radical (unpaired) electrons. The Morgan fingerprint density at radius 3 is 2.42 bits per heavy atom. The highest BCUT2D eigenvalue weighted by Crippen LogP contribution is 2.12. The zero-order valence-electron chi connectivity index (χ0n) is 11.6. The number of hydrogen-bond acceptors (Lipinski definition) is 5. The van der Waals surface area contributed by atoms with Crippen molar-refractivity contribution in [3.05, 3.63) is 35.7 Å². The molecule has 0 saturated heterocycles. The molecule has 0 aliphatic rings. The predicted molar refractivity (Wildman–Crippen MR) is 74.0 cm³/mol. The van der Waals surface area contributed by atoms with Gasteiger partial charge in [0.1, 0.15) is 0 Å². The maximum Gasteiger partial charge on any atom is 0.188 e. The quantitative estimate of drug-likeness (QED) is 0.818. The van der Waals surface area contributed by atoms with Gasteiger partial charge in [-0.2, -0.15) is 4.80 Å². The summed E-state index contributed by atoms with van der Waals surface area (Å²) < 4.78 is 0. The summed E-state index contributed by atoms with van der Waals surface area (Å²) >= 11 is 0. The molecule has 1 heterocycles. The minimum atomic E-state index is 0.404. The first-order valence-corrected chi connectivity index (χ1v) is 6.36. The molecule has 0 bridgehead atoms. The van der Waals surface area contributed by atoms with Gasteiger partial charge >= 0.3 is 0 Å². The van der Waals surface area contributed by atoms with E-state index < -0.39 is 0 Å². The van der Waals surface area contributed by atoms with Crippen molar-refractivity contribution in [3.63, 3.8) is 0 Å². The number of benzene rings is 1. The van der Waals surface area contributed by atoms with Crippen molar-refractivity contribution in [1.29, 1.82) is 0 Å². The summed E-state index contributed by atoms with van der Waals surface area (Å²) in [5.74, 6) is 0.742. The van der Waals surface area contributed by atoms with Gasteiger partial charge in [0.25, 0.3) is 0 Å². The molecule has 6 heteroatoms. The fraction of sp³-hybridized carbons (Fsp3) is 0.462. The molecule has 0 spiro atoms. The maximum atomic E-state index is 5.70. The molecule has 0 atom stereocenters. The van der Waals surface area contributed by atoms with Gasteiger partial charge in [0, 0.05) is 18.3 Å². The molecular weight excluding hydrogens is 240 g/mol. The summed E-state index contributed by atoms with van der Waals surface area (Å²) in [5.41, 5.74) is 7.71. The molecule has 0 aliphatic carbocycles. The molecule has 2 N–H and O–H groups in total. The van der Waals surface area contributed by atoms with Gasteiger partial charge in [0.05, 0.1) is 13.6 Å². The van der Waals surface area contributed by atoms with Crippen LogP contribution in [0.3, 0.4) is 0 Å². The van der Waals surface area contributed by atoms with Crippen molar-refractivity contribution < 1.29 is 0 Å². The van der Waals surface area contributed by atoms with Crippen LogP contribution >= 0.6 is 0 Å². The number of rotatable bonds is 5. The molecule has 1 aromatic heterocycles. The summed E-state index contributed by atoms with van der Waals surface area (Å²) in [6.07, 6.45) is 0. The van der Waals surface area contributed by atoms with E-state index in [0.717, 1.165) is 18.1 Å². The molecule has 19 heavy (non-hydrogen) atoms. The second-order valence-corrected chi connectivity index (χ2v) is 4.94. The Balaban J connectivity index is 2.06. The molecule has 6 nitrogen and oxygen atoms in total. The number of nitrogens with two attached hydrogens (primary N) is 1. The molecule has 2 rings (SSSR count). The zero-order chi connectivity index (χ0) is 13.8. The lowest BCUT2D eigenvalue weighted by Crippen LogP contribution is -2.30. The third kappa shape index (κ3) is 3.75. The van der Waals surface area contributed by atoms with Gasteiger partial charge in [0.2, 0.25) is 0 Å². The van der Waals surface area contributed by atoms with Crippen LogP contribution in [0, 0.1) is 0 Å². The Morgan fingerprint density at radius 1 is 1.21 bits per heavy atom. The van der Waals surface area contributed by atoms with E-state index >= 15 is 0 Å². The predicted octanol–water partition coefficient (Wildman–Crippen LogP) is 1.20. The number of tetrazole rings is 1. The van der Waals surface area contributed by atoms with E-state index in [-0.39, 0.29) is 0 Å². The molecule has 102 valence electrons. The summed E-state index contributed by atoms with van der Waals surface area (Å²) in [7, 11) is 1.77. The van der Waals surface area contributed by atoms with Gasteiger partial charge < -0.3 is 5.73 Å². The third-order valence-corrected chi connectivity index (χ3v) is 2.99. The van der Waals surface area contributed by atoms with Gasteiger partial charge in [-0.3, -0.25) is 4.90 Å². The van der Waals surface area contributed by atoms with Crippen molar-refractivity contribution in [2.24, 2.45) is 7.05 Å². The summed E-state index contributed by atoms with van der Waals surface area (Å²) in [6.45, 7) is 5.85. The molecule has 0 aliphatic heterocycles.